The molecule has 1 aromatic rings. The van der Waals surface area contributed by atoms with Crippen molar-refractivity contribution in [2.75, 3.05) is 0 Å². The number of hydrogen-bond donors (Lipinski definition) is 1. The van der Waals surface area contributed by atoms with Gasteiger partial charge in [-0.3, -0.25) is 9.67 Å². The van der Waals surface area contributed by atoms with Crippen LogP contribution < -0.4 is 0 Å². The second kappa shape index (κ2) is 4.32. The second-order valence-electron chi connectivity index (χ2n) is 5.81. The predicted octanol–water partition coefficient (Wildman–Crippen LogP) is 3.43. The lowest BCUT2D eigenvalue weighted by molar-refractivity contribution is 0.366. The quantitative estimate of drug-likeness (QED) is 0.802. The highest BCUT2D eigenvalue weighted by atomic mass is 32.1. The van der Waals surface area contributed by atoms with Crippen molar-refractivity contribution in [3.8, 4) is 0 Å². The number of nitrogens with one attached hydrogen (secondary N) is 1. The van der Waals surface area contributed by atoms with Crippen molar-refractivity contribution in [3.63, 3.8) is 0 Å². The van der Waals surface area contributed by atoms with Crippen molar-refractivity contribution in [3.05, 3.63) is 10.6 Å². The van der Waals surface area contributed by atoms with Gasteiger partial charge in [0.05, 0.1) is 0 Å². The number of H-pyrrole nitrogens is 1. The fraction of sp³-hybridized carbons (Fsp3) is 0.833. The number of nitrogens with zero attached hydrogens (tertiary/aromatic N) is 2. The van der Waals surface area contributed by atoms with Crippen LogP contribution in [0, 0.1) is 10.7 Å². The molecule has 1 N–H and O–H groups in total. The molecule has 0 atom stereocenters. The van der Waals surface area contributed by atoms with E-state index in [1.807, 2.05) is 0 Å². The van der Waals surface area contributed by atoms with Crippen LogP contribution in [0.5, 0.6) is 0 Å². The van der Waals surface area contributed by atoms with Gasteiger partial charge in [0, 0.05) is 12.0 Å². The predicted molar refractivity (Wildman–Crippen MR) is 68.1 cm³/mol. The summed E-state index contributed by atoms with van der Waals surface area (Å²) in [5, 5.41) is 7.32. The first kappa shape index (κ1) is 11.8. The van der Waals surface area contributed by atoms with Gasteiger partial charge in [0.25, 0.3) is 0 Å². The summed E-state index contributed by atoms with van der Waals surface area (Å²) in [4.78, 5) is 0. The van der Waals surface area contributed by atoms with E-state index in [9.17, 15) is 0 Å². The monoisotopic (exact) mass is 239 g/mol. The van der Waals surface area contributed by atoms with Crippen molar-refractivity contribution < 1.29 is 0 Å². The first-order chi connectivity index (χ1) is 7.48. The fourth-order valence-corrected chi connectivity index (χ4v) is 3.06. The molecule has 0 bridgehead atoms. The molecule has 1 saturated carbocycles. The van der Waals surface area contributed by atoms with E-state index in [0.29, 0.717) is 0 Å². The van der Waals surface area contributed by atoms with Crippen molar-refractivity contribution in [2.45, 2.75) is 58.4 Å². The normalized spacial score (nSPS) is 18.2. The molecule has 4 heteroatoms. The van der Waals surface area contributed by atoms with Crippen LogP contribution in [-0.2, 0) is 12.0 Å². The zero-order chi connectivity index (χ0) is 11.8. The summed E-state index contributed by atoms with van der Waals surface area (Å²) in [6.45, 7) is 6.53. The maximum Gasteiger partial charge on any atom is 0.195 e. The molecule has 1 aliphatic rings. The van der Waals surface area contributed by atoms with E-state index in [1.165, 1.54) is 25.7 Å². The molecule has 0 amide bonds. The minimum atomic E-state index is 0.0258. The highest BCUT2D eigenvalue weighted by Crippen LogP contribution is 2.28. The van der Waals surface area contributed by atoms with Gasteiger partial charge < -0.3 is 0 Å². The van der Waals surface area contributed by atoms with E-state index < -0.39 is 0 Å². The topological polar surface area (TPSA) is 33.6 Å². The summed E-state index contributed by atoms with van der Waals surface area (Å²) in [6, 6.07) is 0. The average molecular weight is 239 g/mol. The summed E-state index contributed by atoms with van der Waals surface area (Å²) >= 11 is 5.31. The molecule has 3 nitrogen and oxygen atoms in total. The Morgan fingerprint density at radius 2 is 2.00 bits per heavy atom. The van der Waals surface area contributed by atoms with E-state index in [-0.39, 0.29) is 5.54 Å². The van der Waals surface area contributed by atoms with E-state index in [2.05, 4.69) is 35.5 Å². The number of rotatable bonds is 2. The maximum absolute atomic E-state index is 5.31. The smallest absolute Gasteiger partial charge is 0.195 e. The number of aromatic amines is 1. The molecule has 0 aromatic carbocycles. The van der Waals surface area contributed by atoms with Crippen LogP contribution >= 0.6 is 12.2 Å². The third kappa shape index (κ3) is 2.37. The SMILES string of the molecule is CC(C)(C)n1c(CC2CCCC2)n[nH]c1=S. The van der Waals surface area contributed by atoms with Crippen molar-refractivity contribution >= 4 is 12.2 Å². The summed E-state index contributed by atoms with van der Waals surface area (Å²) in [7, 11) is 0. The number of aromatic nitrogens is 3. The van der Waals surface area contributed by atoms with Crippen LogP contribution in [0.15, 0.2) is 0 Å². The lowest BCUT2D eigenvalue weighted by Gasteiger charge is -2.23. The molecule has 1 fully saturated rings. The molecule has 16 heavy (non-hydrogen) atoms. The van der Waals surface area contributed by atoms with Gasteiger partial charge in [-0.05, 0) is 38.9 Å². The van der Waals surface area contributed by atoms with E-state index in [1.54, 1.807) is 0 Å². The van der Waals surface area contributed by atoms with Crippen LogP contribution in [0.3, 0.4) is 0 Å². The Morgan fingerprint density at radius 1 is 1.38 bits per heavy atom. The van der Waals surface area contributed by atoms with Crippen LogP contribution in [-0.4, -0.2) is 14.8 Å². The molecule has 1 aliphatic carbocycles. The van der Waals surface area contributed by atoms with Crippen molar-refractivity contribution in [1.82, 2.24) is 14.8 Å². The fourth-order valence-electron chi connectivity index (χ4n) is 2.63. The van der Waals surface area contributed by atoms with Crippen LogP contribution in [0.25, 0.3) is 0 Å². The molecule has 1 heterocycles. The molecule has 1 aromatic heterocycles. The van der Waals surface area contributed by atoms with Gasteiger partial charge in [0.15, 0.2) is 4.77 Å². The Kier molecular flexibility index (Phi) is 3.19. The Hall–Kier alpha value is -0.640. The molecule has 0 spiro atoms. The van der Waals surface area contributed by atoms with Crippen LogP contribution in [0.2, 0.25) is 0 Å². The van der Waals surface area contributed by atoms with Crippen molar-refractivity contribution in [2.24, 2.45) is 5.92 Å². The number of hydrogen-bond acceptors (Lipinski definition) is 2. The van der Waals surface area contributed by atoms with Gasteiger partial charge in [-0.15, -0.1) is 0 Å². The highest BCUT2D eigenvalue weighted by Gasteiger charge is 2.23. The van der Waals surface area contributed by atoms with Gasteiger partial charge in [-0.2, -0.15) is 5.10 Å². The molecule has 0 unspecified atom stereocenters. The summed E-state index contributed by atoms with van der Waals surface area (Å²) in [5.41, 5.74) is 0.0258. The van der Waals surface area contributed by atoms with Gasteiger partial charge >= 0.3 is 0 Å². The maximum atomic E-state index is 5.31. The largest absolute Gasteiger partial charge is 0.299 e. The third-order valence-corrected chi connectivity index (χ3v) is 3.63. The molecular formula is C12H21N3S. The molecule has 0 saturated heterocycles. The Balaban J connectivity index is 2.24. The Bertz CT molecular complexity index is 405. The van der Waals surface area contributed by atoms with Gasteiger partial charge in [-0.1, -0.05) is 25.7 Å². The van der Waals surface area contributed by atoms with Crippen LogP contribution in [0.4, 0.5) is 0 Å². The van der Waals surface area contributed by atoms with Gasteiger partial charge in [-0.25, -0.2) is 0 Å². The molecule has 90 valence electrons. The first-order valence-electron chi connectivity index (χ1n) is 6.15. The molecule has 0 radical (unpaired) electrons. The molecule has 2 rings (SSSR count). The van der Waals surface area contributed by atoms with Gasteiger partial charge in [0.1, 0.15) is 5.82 Å². The lowest BCUT2D eigenvalue weighted by atomic mass is 10.0. The Labute approximate surface area is 102 Å². The molecular weight excluding hydrogens is 218 g/mol. The van der Waals surface area contributed by atoms with Crippen LogP contribution in [0.1, 0.15) is 52.3 Å². The summed E-state index contributed by atoms with van der Waals surface area (Å²) in [6.07, 6.45) is 6.54. The summed E-state index contributed by atoms with van der Waals surface area (Å²) < 4.78 is 2.92. The zero-order valence-electron chi connectivity index (χ0n) is 10.4. The highest BCUT2D eigenvalue weighted by molar-refractivity contribution is 7.71. The second-order valence-corrected chi connectivity index (χ2v) is 6.19. The zero-order valence-corrected chi connectivity index (χ0v) is 11.2. The Morgan fingerprint density at radius 3 is 2.56 bits per heavy atom. The minimum Gasteiger partial charge on any atom is -0.299 e. The van der Waals surface area contributed by atoms with E-state index >= 15 is 0 Å². The van der Waals surface area contributed by atoms with E-state index in [0.717, 1.165) is 22.9 Å². The molecule has 0 aliphatic heterocycles. The summed E-state index contributed by atoms with van der Waals surface area (Å²) in [5.74, 6) is 1.94. The van der Waals surface area contributed by atoms with Gasteiger partial charge in [0.2, 0.25) is 0 Å². The van der Waals surface area contributed by atoms with E-state index in [4.69, 9.17) is 12.2 Å². The standard InChI is InChI=1S/C12H21N3S/c1-12(2,3)15-10(13-14-11(15)16)8-9-6-4-5-7-9/h9H,4-8H2,1-3H3,(H,14,16). The minimum absolute atomic E-state index is 0.0258. The van der Waals surface area contributed by atoms with Crippen molar-refractivity contribution in [1.29, 1.82) is 0 Å². The average Bonchev–Trinajstić information content (AvgIpc) is 2.75. The lowest BCUT2D eigenvalue weighted by Crippen LogP contribution is -2.25. The first-order valence-corrected chi connectivity index (χ1v) is 6.56. The third-order valence-electron chi connectivity index (χ3n) is 3.36.